The molecule has 1 saturated carbocycles. The predicted octanol–water partition coefficient (Wildman–Crippen LogP) is 3.49. The molecule has 2 aromatic rings. The molecule has 0 atom stereocenters. The lowest BCUT2D eigenvalue weighted by Gasteiger charge is -2.39. The van der Waals surface area contributed by atoms with Crippen LogP contribution in [-0.2, 0) is 15.7 Å². The first-order valence-corrected chi connectivity index (χ1v) is 8.49. The second kappa shape index (κ2) is 7.27. The van der Waals surface area contributed by atoms with Crippen LogP contribution in [0.15, 0.2) is 30.5 Å². The van der Waals surface area contributed by atoms with Gasteiger partial charge in [-0.3, -0.25) is 4.79 Å². The van der Waals surface area contributed by atoms with Gasteiger partial charge in [0.15, 0.2) is 5.69 Å². The first-order chi connectivity index (χ1) is 13.1. The number of aromatic carboxylic acids is 1. The maximum absolute atomic E-state index is 13.4. The number of carbonyl (C=O) groups excluding carboxylic acids is 1. The average molecular weight is 397 g/mol. The number of nitrogens with one attached hydrogen (secondary N) is 1. The molecule has 0 aliphatic heterocycles. The van der Waals surface area contributed by atoms with Crippen molar-refractivity contribution in [3.63, 3.8) is 0 Å². The van der Waals surface area contributed by atoms with Gasteiger partial charge in [-0.1, -0.05) is 6.07 Å². The van der Waals surface area contributed by atoms with Crippen LogP contribution in [0.25, 0.3) is 5.69 Å². The molecular formula is C18H18F3N3O4. The van der Waals surface area contributed by atoms with E-state index in [1.54, 1.807) is 7.11 Å². The summed E-state index contributed by atoms with van der Waals surface area (Å²) < 4.78 is 46.0. The number of methoxy groups -OCH3 is 1. The van der Waals surface area contributed by atoms with Gasteiger partial charge < -0.3 is 15.2 Å². The van der Waals surface area contributed by atoms with Gasteiger partial charge in [0.1, 0.15) is 5.56 Å². The molecule has 0 saturated heterocycles. The van der Waals surface area contributed by atoms with Crippen LogP contribution in [0.5, 0.6) is 0 Å². The molecule has 1 aromatic heterocycles. The highest BCUT2D eigenvalue weighted by Gasteiger charge is 2.41. The fourth-order valence-electron chi connectivity index (χ4n) is 3.21. The van der Waals surface area contributed by atoms with Gasteiger partial charge in [0.05, 0.1) is 23.9 Å². The lowest BCUT2D eigenvalue weighted by Crippen LogP contribution is -2.42. The zero-order valence-corrected chi connectivity index (χ0v) is 14.9. The van der Waals surface area contributed by atoms with Gasteiger partial charge in [-0.05, 0) is 37.5 Å². The van der Waals surface area contributed by atoms with Crippen LogP contribution < -0.4 is 5.32 Å². The highest BCUT2D eigenvalue weighted by molar-refractivity contribution is 5.92. The van der Waals surface area contributed by atoms with Crippen molar-refractivity contribution in [1.29, 1.82) is 0 Å². The number of amides is 1. The Kier molecular flexibility index (Phi) is 5.16. The van der Waals surface area contributed by atoms with Crippen LogP contribution in [0.4, 0.5) is 18.9 Å². The Labute approximate surface area is 158 Å². The zero-order chi connectivity index (χ0) is 20.5. The van der Waals surface area contributed by atoms with Crippen molar-refractivity contribution in [3.05, 3.63) is 41.7 Å². The molecule has 1 aliphatic rings. The van der Waals surface area contributed by atoms with Crippen molar-refractivity contribution < 1.29 is 32.6 Å². The maximum atomic E-state index is 13.4. The van der Waals surface area contributed by atoms with Gasteiger partial charge >= 0.3 is 12.1 Å². The largest absolute Gasteiger partial charge is 0.478 e. The number of anilines is 1. The number of carboxylic acid groups (broad SMARTS) is 1. The molecule has 0 unspecified atom stereocenters. The SMILES string of the molecule is COC1(CC(=O)Nc2cccc(-n3ncc(C(=O)O)c3C(F)(F)F)c2)CCC1. The molecule has 1 fully saturated rings. The van der Waals surface area contributed by atoms with Gasteiger partial charge in [-0.25, -0.2) is 9.48 Å². The maximum Gasteiger partial charge on any atom is 0.434 e. The molecule has 7 nitrogen and oxygen atoms in total. The number of hydrogen-bond acceptors (Lipinski definition) is 4. The van der Waals surface area contributed by atoms with Crippen molar-refractivity contribution in [1.82, 2.24) is 9.78 Å². The molecule has 3 rings (SSSR count). The number of carbonyl (C=O) groups is 2. The van der Waals surface area contributed by atoms with Crippen molar-refractivity contribution in [3.8, 4) is 5.69 Å². The Balaban J connectivity index is 1.86. The van der Waals surface area contributed by atoms with E-state index in [9.17, 15) is 22.8 Å². The molecule has 2 N–H and O–H groups in total. The molecule has 0 spiro atoms. The fourth-order valence-corrected chi connectivity index (χ4v) is 3.21. The van der Waals surface area contributed by atoms with Crippen LogP contribution >= 0.6 is 0 Å². The van der Waals surface area contributed by atoms with Crippen molar-refractivity contribution in [2.45, 2.75) is 37.5 Å². The highest BCUT2D eigenvalue weighted by atomic mass is 19.4. The minimum absolute atomic E-state index is 0.0253. The minimum atomic E-state index is -4.92. The van der Waals surface area contributed by atoms with Gasteiger partial charge in [0.2, 0.25) is 5.91 Å². The summed E-state index contributed by atoms with van der Waals surface area (Å²) in [5.74, 6) is -2.05. The number of hydrogen-bond donors (Lipinski definition) is 2. The standard InChI is InChI=1S/C18H18F3N3O4/c1-28-17(6-3-7-17)9-14(25)23-11-4-2-5-12(8-11)24-15(18(19,20)21)13(10-22-24)16(26)27/h2,4-5,8,10H,3,6-7,9H2,1H3,(H,23,25)(H,26,27). The molecular weight excluding hydrogens is 379 g/mol. The van der Waals surface area contributed by atoms with Gasteiger partial charge in [-0.15, -0.1) is 0 Å². The van der Waals surface area contributed by atoms with E-state index in [2.05, 4.69) is 10.4 Å². The first-order valence-electron chi connectivity index (χ1n) is 8.49. The van der Waals surface area contributed by atoms with Crippen molar-refractivity contribution >= 4 is 17.6 Å². The fraction of sp³-hybridized carbons (Fsp3) is 0.389. The average Bonchev–Trinajstić information content (AvgIpc) is 3.04. The summed E-state index contributed by atoms with van der Waals surface area (Å²) in [6.07, 6.45) is -1.60. The summed E-state index contributed by atoms with van der Waals surface area (Å²) in [6.45, 7) is 0. The van der Waals surface area contributed by atoms with Crippen LogP contribution in [0.3, 0.4) is 0 Å². The molecule has 1 aliphatic carbocycles. The van der Waals surface area contributed by atoms with E-state index in [-0.39, 0.29) is 23.7 Å². The number of carboxylic acids is 1. The second-order valence-corrected chi connectivity index (χ2v) is 6.64. The summed E-state index contributed by atoms with van der Waals surface area (Å²) in [5, 5.41) is 15.2. The number of rotatable bonds is 6. The molecule has 1 heterocycles. The number of benzene rings is 1. The van der Waals surface area contributed by atoms with E-state index in [0.29, 0.717) is 10.9 Å². The van der Waals surface area contributed by atoms with Gasteiger partial charge in [0, 0.05) is 12.8 Å². The van der Waals surface area contributed by atoms with Crippen LogP contribution in [-0.4, -0.2) is 39.5 Å². The van der Waals surface area contributed by atoms with E-state index in [0.717, 1.165) is 19.3 Å². The zero-order valence-electron chi connectivity index (χ0n) is 14.9. The second-order valence-electron chi connectivity index (χ2n) is 6.64. The van der Waals surface area contributed by atoms with E-state index < -0.39 is 29.0 Å². The number of aromatic nitrogens is 2. The Morgan fingerprint density at radius 1 is 1.36 bits per heavy atom. The third-order valence-corrected chi connectivity index (χ3v) is 4.82. The Morgan fingerprint density at radius 2 is 2.07 bits per heavy atom. The lowest BCUT2D eigenvalue weighted by atomic mass is 9.77. The first kappa shape index (κ1) is 19.9. The molecule has 0 bridgehead atoms. The molecule has 28 heavy (non-hydrogen) atoms. The number of ether oxygens (including phenoxy) is 1. The van der Waals surface area contributed by atoms with Crippen LogP contribution in [0.2, 0.25) is 0 Å². The Hall–Kier alpha value is -2.88. The topological polar surface area (TPSA) is 93.5 Å². The third kappa shape index (κ3) is 3.86. The monoisotopic (exact) mass is 397 g/mol. The molecule has 150 valence electrons. The summed E-state index contributed by atoms with van der Waals surface area (Å²) in [4.78, 5) is 23.4. The predicted molar refractivity (Wildman–Crippen MR) is 92.4 cm³/mol. The highest BCUT2D eigenvalue weighted by Crippen LogP contribution is 2.38. The summed E-state index contributed by atoms with van der Waals surface area (Å²) in [6, 6.07) is 5.61. The normalized spacial score (nSPS) is 15.7. The van der Waals surface area contributed by atoms with Crippen molar-refractivity contribution in [2.75, 3.05) is 12.4 Å². The van der Waals surface area contributed by atoms with E-state index in [4.69, 9.17) is 9.84 Å². The number of nitrogens with zero attached hydrogens (tertiary/aromatic N) is 2. The van der Waals surface area contributed by atoms with Crippen LogP contribution in [0.1, 0.15) is 41.7 Å². The van der Waals surface area contributed by atoms with Crippen LogP contribution in [0, 0.1) is 0 Å². The van der Waals surface area contributed by atoms with Gasteiger partial charge in [0.25, 0.3) is 0 Å². The van der Waals surface area contributed by atoms with Gasteiger partial charge in [-0.2, -0.15) is 18.3 Å². The smallest absolute Gasteiger partial charge is 0.434 e. The third-order valence-electron chi connectivity index (χ3n) is 4.82. The summed E-state index contributed by atoms with van der Waals surface area (Å²) >= 11 is 0. The van der Waals surface area contributed by atoms with E-state index in [1.807, 2.05) is 0 Å². The Bertz CT molecular complexity index is 898. The molecule has 0 radical (unpaired) electrons. The molecule has 10 heteroatoms. The molecule has 1 amide bonds. The minimum Gasteiger partial charge on any atom is -0.478 e. The van der Waals surface area contributed by atoms with E-state index >= 15 is 0 Å². The quantitative estimate of drug-likeness (QED) is 0.778. The number of halogens is 3. The number of alkyl halides is 3. The molecule has 1 aromatic carbocycles. The van der Waals surface area contributed by atoms with E-state index in [1.165, 1.54) is 24.3 Å². The summed E-state index contributed by atoms with van der Waals surface area (Å²) in [7, 11) is 1.55. The Morgan fingerprint density at radius 3 is 2.61 bits per heavy atom. The summed E-state index contributed by atoms with van der Waals surface area (Å²) in [5.41, 5.74) is -2.58. The van der Waals surface area contributed by atoms with Crippen molar-refractivity contribution in [2.24, 2.45) is 0 Å². The lowest BCUT2D eigenvalue weighted by molar-refractivity contribution is -0.143.